The van der Waals surface area contributed by atoms with Gasteiger partial charge in [-0.2, -0.15) is 10.4 Å². The molecule has 0 saturated carbocycles. The Morgan fingerprint density at radius 2 is 1.00 bits per heavy atom. The maximum absolute atomic E-state index is 12.3. The Bertz CT molecular complexity index is 4260. The van der Waals surface area contributed by atoms with Crippen molar-refractivity contribution in [3.05, 3.63) is 134 Å². The Kier molecular flexibility index (Phi) is 24.5. The summed E-state index contributed by atoms with van der Waals surface area (Å²) in [6, 6.07) is 32.4. The number of carboxylic acids is 1. The van der Waals surface area contributed by atoms with E-state index in [0.717, 1.165) is 26.5 Å². The third-order valence-corrected chi connectivity index (χ3v) is 15.9. The minimum absolute atomic E-state index is 0.130. The number of fused-ring (bicyclic) bond motifs is 2. The molecule has 28 nitrogen and oxygen atoms in total. The average molecular weight is 1390 g/mol. The smallest absolute Gasteiger partial charge is 0.494 e. The first kappa shape index (κ1) is 73.9. The van der Waals surface area contributed by atoms with E-state index in [-0.39, 0.29) is 44.8 Å². The molecule has 2 aliphatic heterocycles. The van der Waals surface area contributed by atoms with E-state index in [4.69, 9.17) is 47.8 Å². The van der Waals surface area contributed by atoms with Crippen LogP contribution < -0.4 is 41.0 Å². The van der Waals surface area contributed by atoms with Crippen molar-refractivity contribution in [2.24, 2.45) is 0 Å². The van der Waals surface area contributed by atoms with E-state index in [2.05, 4.69) is 76.2 Å². The normalized spacial score (nSPS) is 15.5. The molecule has 96 heavy (non-hydrogen) atoms. The van der Waals surface area contributed by atoms with Gasteiger partial charge < -0.3 is 72.3 Å². The lowest BCUT2D eigenvalue weighted by Crippen LogP contribution is -2.41. The van der Waals surface area contributed by atoms with Gasteiger partial charge in [0.2, 0.25) is 11.3 Å². The number of esters is 2. The molecule has 2 saturated heterocycles. The molecule has 6 heterocycles. The summed E-state index contributed by atoms with van der Waals surface area (Å²) >= 11 is 3.39. The van der Waals surface area contributed by atoms with E-state index in [1.165, 1.54) is 28.1 Å². The molecule has 5 aromatic carbocycles. The Balaban J connectivity index is 0.000000179. The highest BCUT2D eigenvalue weighted by molar-refractivity contribution is 9.10. The zero-order chi connectivity index (χ0) is 70.5. The van der Waals surface area contributed by atoms with Gasteiger partial charge in [0.15, 0.2) is 23.2 Å². The fraction of sp³-hybridized carbons (Fsp3) is 0.369. The Labute approximate surface area is 561 Å². The van der Waals surface area contributed by atoms with Crippen LogP contribution in [0.4, 0.5) is 0 Å². The van der Waals surface area contributed by atoms with Crippen molar-refractivity contribution in [3.63, 3.8) is 0 Å². The summed E-state index contributed by atoms with van der Waals surface area (Å²) in [5.41, 5.74) is 3.20. The number of benzene rings is 5. The van der Waals surface area contributed by atoms with Crippen molar-refractivity contribution in [2.75, 3.05) is 27.4 Å². The second-order valence-electron chi connectivity index (χ2n) is 23.5. The molecular formula is C65H77B2BrN10O18. The van der Waals surface area contributed by atoms with Crippen LogP contribution in [0.3, 0.4) is 0 Å². The Morgan fingerprint density at radius 3 is 1.46 bits per heavy atom. The van der Waals surface area contributed by atoms with Gasteiger partial charge in [-0.25, -0.2) is 24.4 Å². The number of aromatic amines is 4. The van der Waals surface area contributed by atoms with Gasteiger partial charge in [-0.15, -0.1) is 20.4 Å². The number of carbonyl (C=O) groups is 3. The SMILES string of the molecule is CC1(C)OB(c2cccc(O)c2)OC1(C)C.CCOc1cc(-c2cccc(O[C@H](C)C(=O)O)c2)ccc1-c1nc2n[nH]nc2c(=O)[nH]1.CCOc1cc(Br)ccc1-c1nc2n[nH]nc2c(=O)[nH]1.COC(=O)[C@@H](C)Oc1cccc(B2OC(C)(C)C(C)(C)O2)c1.COC(=O)[C@H](C)O. The number of carbonyl (C=O) groups excluding carboxylic acids is 2. The summed E-state index contributed by atoms with van der Waals surface area (Å²) in [5, 5.41) is 46.9. The van der Waals surface area contributed by atoms with Crippen LogP contribution in [0, 0.1) is 0 Å². The molecule has 0 radical (unpaired) electrons. The van der Waals surface area contributed by atoms with Crippen LogP contribution in [-0.2, 0) is 42.5 Å². The number of ether oxygens (including phenoxy) is 6. The summed E-state index contributed by atoms with van der Waals surface area (Å²) < 4.78 is 55.8. The Hall–Kier alpha value is -9.52. The number of rotatable bonds is 16. The number of nitrogens with zero attached hydrogens (tertiary/aromatic N) is 6. The van der Waals surface area contributed by atoms with E-state index in [1.807, 2.05) is 130 Å². The zero-order valence-electron chi connectivity index (χ0n) is 55.7. The van der Waals surface area contributed by atoms with Crippen molar-refractivity contribution in [1.82, 2.24) is 50.8 Å². The predicted molar refractivity (Wildman–Crippen MR) is 360 cm³/mol. The molecule has 4 aromatic heterocycles. The predicted octanol–water partition coefficient (Wildman–Crippen LogP) is 7.65. The van der Waals surface area contributed by atoms with Gasteiger partial charge in [-0.1, -0.05) is 58.4 Å². The molecule has 0 spiro atoms. The molecule has 0 amide bonds. The van der Waals surface area contributed by atoms with Crippen molar-refractivity contribution < 1.29 is 76.7 Å². The zero-order valence-corrected chi connectivity index (χ0v) is 57.3. The minimum Gasteiger partial charge on any atom is -0.508 e. The van der Waals surface area contributed by atoms with Gasteiger partial charge in [0.25, 0.3) is 11.1 Å². The lowest BCUT2D eigenvalue weighted by atomic mass is 9.79. The standard InChI is InChI=1S/C21H19N5O5.C16H23BO5.C12H17BO3.C12H10BrN5O2.C4H8O3/c1-3-30-16-10-13(12-5-4-6-14(9-12)31-11(2)21(28)29)7-8-15(16)18-22-19-17(20(27)23-18)24-26-25-19;1-11(14(18)19-6)20-13-9-7-8-12(10-13)17-21-15(2,3)16(4,5)22-17;1-11(2)12(3,4)16-13(15-11)9-6-5-7-10(14)8-9;1-2-20-8-5-6(13)3-4-7(8)10-14-11-9(12(19)15-10)16-18-17-11;1-3(5)4(6)7-2/h4-11H,3H2,1-2H3,(H,28,29)(H2,22,23,24,25,26,27);7-11H,1-6H3;5-8,14H,1-4H3;3-5H,2H2,1H3,(H2,14,15,16,17,18,19);3,5H,1-2H3/t2*11-;;;3-/m11..0/s1. The monoisotopic (exact) mass is 1390 g/mol. The van der Waals surface area contributed by atoms with Crippen molar-refractivity contribution in [3.8, 4) is 62.7 Å². The maximum Gasteiger partial charge on any atom is 0.494 e. The van der Waals surface area contributed by atoms with Gasteiger partial charge in [0, 0.05) is 4.47 Å². The molecule has 7 N–H and O–H groups in total. The molecule has 0 aliphatic carbocycles. The van der Waals surface area contributed by atoms with Gasteiger partial charge in [-0.3, -0.25) is 9.59 Å². The number of aromatic nitrogens is 10. The number of aliphatic carboxylic acids is 1. The number of carboxylic acid groups (broad SMARTS) is 1. The number of aromatic hydroxyl groups is 1. The molecule has 0 bridgehead atoms. The number of halogens is 1. The van der Waals surface area contributed by atoms with E-state index in [9.17, 15) is 29.1 Å². The second-order valence-corrected chi connectivity index (χ2v) is 24.4. The van der Waals surface area contributed by atoms with Crippen LogP contribution in [-0.4, -0.2) is 166 Å². The third kappa shape index (κ3) is 18.5. The quantitative estimate of drug-likeness (QED) is 0.0360. The van der Waals surface area contributed by atoms with Crippen molar-refractivity contribution in [1.29, 1.82) is 0 Å². The number of nitrogens with one attached hydrogen (secondary N) is 4. The largest absolute Gasteiger partial charge is 0.508 e. The van der Waals surface area contributed by atoms with Crippen LogP contribution in [0.5, 0.6) is 28.7 Å². The number of H-pyrrole nitrogens is 4. The van der Waals surface area contributed by atoms with Gasteiger partial charge in [0.1, 0.15) is 46.5 Å². The maximum atomic E-state index is 12.3. The summed E-state index contributed by atoms with van der Waals surface area (Å²) in [7, 11) is 1.71. The number of phenols is 1. The molecule has 31 heteroatoms. The highest BCUT2D eigenvalue weighted by Gasteiger charge is 2.53. The van der Waals surface area contributed by atoms with Gasteiger partial charge in [-0.05, 0) is 179 Å². The van der Waals surface area contributed by atoms with Gasteiger partial charge >= 0.3 is 32.1 Å². The number of methoxy groups -OCH3 is 2. The summed E-state index contributed by atoms with van der Waals surface area (Å²) in [6.07, 6.45) is -2.63. The topological polar surface area (TPSA) is 379 Å². The first-order chi connectivity index (χ1) is 45.3. The van der Waals surface area contributed by atoms with E-state index in [0.29, 0.717) is 59.0 Å². The highest BCUT2D eigenvalue weighted by atomic mass is 79.9. The minimum atomic E-state index is -1.04. The van der Waals surface area contributed by atoms with Crippen LogP contribution in [0.25, 0.3) is 56.2 Å². The summed E-state index contributed by atoms with van der Waals surface area (Å²) in [6.45, 7) is 25.2. The Morgan fingerprint density at radius 1 is 0.562 bits per heavy atom. The summed E-state index contributed by atoms with van der Waals surface area (Å²) in [5.74, 6) is 1.06. The fourth-order valence-electron chi connectivity index (χ4n) is 8.86. The molecule has 9 aromatic rings. The number of aliphatic hydroxyl groups excluding tert-OH is 1. The van der Waals surface area contributed by atoms with Crippen LogP contribution >= 0.6 is 15.9 Å². The first-order valence-electron chi connectivity index (χ1n) is 30.2. The molecule has 2 aliphatic rings. The molecule has 2 fully saturated rings. The van der Waals surface area contributed by atoms with Crippen LogP contribution in [0.2, 0.25) is 0 Å². The van der Waals surface area contributed by atoms with E-state index in [1.54, 1.807) is 55.5 Å². The van der Waals surface area contributed by atoms with Crippen molar-refractivity contribution in [2.45, 2.75) is 131 Å². The van der Waals surface area contributed by atoms with Crippen molar-refractivity contribution >= 4 is 81.3 Å². The average Bonchev–Trinajstić information content (AvgIpc) is 1.60. The van der Waals surface area contributed by atoms with E-state index < -0.39 is 67.2 Å². The lowest BCUT2D eigenvalue weighted by Gasteiger charge is -2.32. The second kappa shape index (κ2) is 31.8. The number of phenolic OH excluding ortho intramolecular Hbond substituents is 1. The van der Waals surface area contributed by atoms with Gasteiger partial charge in [0.05, 0.1) is 61.0 Å². The van der Waals surface area contributed by atoms with E-state index >= 15 is 0 Å². The molecule has 0 unspecified atom stereocenters. The number of hydrogen-bond donors (Lipinski definition) is 7. The highest BCUT2D eigenvalue weighted by Crippen LogP contribution is 2.39. The van der Waals surface area contributed by atoms with Crippen LogP contribution in [0.15, 0.2) is 123 Å². The summed E-state index contributed by atoms with van der Waals surface area (Å²) in [4.78, 5) is 70.7. The fourth-order valence-corrected chi connectivity index (χ4v) is 9.20. The molecule has 11 rings (SSSR count). The van der Waals surface area contributed by atoms with Crippen LogP contribution in [0.1, 0.15) is 90.0 Å². The number of hydrogen-bond acceptors (Lipinski definition) is 23. The molecular weight excluding hydrogens is 1310 g/mol. The number of aliphatic hydroxyl groups is 1. The lowest BCUT2D eigenvalue weighted by molar-refractivity contribution is -0.149. The molecule has 3 atom stereocenters. The first-order valence-corrected chi connectivity index (χ1v) is 31.0. The third-order valence-electron chi connectivity index (χ3n) is 15.4. The molecule has 508 valence electrons.